The Morgan fingerprint density at radius 1 is 1.26 bits per heavy atom. The van der Waals surface area contributed by atoms with E-state index in [9.17, 15) is 4.79 Å². The molecule has 1 amide bonds. The van der Waals surface area contributed by atoms with Crippen LogP contribution in [0, 0.1) is 5.92 Å². The van der Waals surface area contributed by atoms with Crippen molar-refractivity contribution in [2.75, 3.05) is 19.6 Å². The van der Waals surface area contributed by atoms with Crippen molar-refractivity contribution in [1.82, 2.24) is 20.0 Å². The Labute approximate surface area is 163 Å². The number of imidazole rings is 1. The molecule has 3 heterocycles. The second-order valence-corrected chi connectivity index (χ2v) is 7.90. The molecule has 1 aromatic carbocycles. The van der Waals surface area contributed by atoms with Crippen LogP contribution in [0.2, 0.25) is 0 Å². The second kappa shape index (κ2) is 8.59. The Morgan fingerprint density at radius 3 is 3.00 bits per heavy atom. The van der Waals surface area contributed by atoms with E-state index >= 15 is 0 Å². The van der Waals surface area contributed by atoms with Crippen LogP contribution in [0.5, 0.6) is 0 Å². The first kappa shape index (κ1) is 18.1. The normalized spacial score (nSPS) is 16.7. The van der Waals surface area contributed by atoms with Crippen LogP contribution in [-0.4, -0.2) is 34.9 Å². The van der Waals surface area contributed by atoms with Crippen molar-refractivity contribution >= 4 is 23.3 Å². The highest BCUT2D eigenvalue weighted by Gasteiger charge is 2.16. The lowest BCUT2D eigenvalue weighted by molar-refractivity contribution is 0.0948. The molecular weight excluding hydrogens is 356 g/mol. The molecule has 0 aliphatic carbocycles. The average molecular weight is 381 g/mol. The Balaban J connectivity index is 1.37. The summed E-state index contributed by atoms with van der Waals surface area (Å²) in [4.78, 5) is 18.3. The van der Waals surface area contributed by atoms with Crippen LogP contribution in [-0.2, 0) is 5.75 Å². The maximum Gasteiger partial charge on any atom is 0.252 e. The fraction of sp³-hybridized carbons (Fsp3) is 0.333. The Hall–Kier alpha value is -2.31. The van der Waals surface area contributed by atoms with Crippen LogP contribution >= 0.6 is 11.8 Å². The highest BCUT2D eigenvalue weighted by Crippen LogP contribution is 2.26. The summed E-state index contributed by atoms with van der Waals surface area (Å²) in [5.41, 5.74) is 2.70. The molecule has 3 aromatic rings. The van der Waals surface area contributed by atoms with E-state index in [1.54, 1.807) is 11.8 Å². The molecule has 1 fully saturated rings. The van der Waals surface area contributed by atoms with E-state index in [-0.39, 0.29) is 5.91 Å². The fourth-order valence-corrected chi connectivity index (χ4v) is 4.37. The molecule has 1 saturated heterocycles. The van der Waals surface area contributed by atoms with Gasteiger partial charge in [-0.15, -0.1) is 11.8 Å². The number of hydrogen-bond acceptors (Lipinski definition) is 4. The number of nitrogens with zero attached hydrogens (tertiary/aromatic N) is 2. The van der Waals surface area contributed by atoms with Gasteiger partial charge in [0, 0.05) is 29.6 Å². The third-order valence-corrected chi connectivity index (χ3v) is 6.03. The first-order valence-electron chi connectivity index (χ1n) is 9.43. The molecule has 1 unspecified atom stereocenters. The van der Waals surface area contributed by atoms with Gasteiger partial charge in [0.1, 0.15) is 5.65 Å². The predicted octanol–water partition coefficient (Wildman–Crippen LogP) is 3.36. The Bertz CT molecular complexity index is 884. The largest absolute Gasteiger partial charge is 0.352 e. The molecule has 6 heteroatoms. The van der Waals surface area contributed by atoms with Gasteiger partial charge in [-0.25, -0.2) is 4.98 Å². The second-order valence-electron chi connectivity index (χ2n) is 6.89. The van der Waals surface area contributed by atoms with Crippen molar-refractivity contribution in [3.05, 3.63) is 66.1 Å². The summed E-state index contributed by atoms with van der Waals surface area (Å²) in [6.07, 6.45) is 6.29. The minimum atomic E-state index is 0.0130. The Kier molecular flexibility index (Phi) is 5.75. The molecule has 0 saturated carbocycles. The predicted molar refractivity (Wildman–Crippen MR) is 109 cm³/mol. The molecule has 4 rings (SSSR count). The van der Waals surface area contributed by atoms with Gasteiger partial charge < -0.3 is 15.0 Å². The van der Waals surface area contributed by atoms with Gasteiger partial charge in [0.05, 0.1) is 11.3 Å². The average Bonchev–Trinajstić information content (AvgIpc) is 3.35. The van der Waals surface area contributed by atoms with E-state index in [4.69, 9.17) is 0 Å². The number of carbonyl (C=O) groups is 1. The summed E-state index contributed by atoms with van der Waals surface area (Å²) in [6, 6.07) is 13.8. The molecule has 0 bridgehead atoms. The summed E-state index contributed by atoms with van der Waals surface area (Å²) in [6.45, 7) is 2.90. The number of fused-ring (bicyclic) bond motifs is 1. The number of nitrogens with one attached hydrogen (secondary N) is 2. The molecule has 140 valence electrons. The lowest BCUT2D eigenvalue weighted by atomic mass is 10.1. The topological polar surface area (TPSA) is 58.4 Å². The van der Waals surface area contributed by atoms with Gasteiger partial charge in [0.2, 0.25) is 0 Å². The molecule has 2 aromatic heterocycles. The summed E-state index contributed by atoms with van der Waals surface area (Å²) in [5.74, 6) is 1.43. The number of carbonyl (C=O) groups excluding carboxylic acids is 1. The molecule has 1 atom stereocenters. The zero-order chi connectivity index (χ0) is 18.5. The maximum atomic E-state index is 12.6. The summed E-state index contributed by atoms with van der Waals surface area (Å²) < 4.78 is 2.02. The van der Waals surface area contributed by atoms with E-state index in [2.05, 4.69) is 15.6 Å². The number of thioether (sulfide) groups is 1. The first-order chi connectivity index (χ1) is 13.3. The van der Waals surface area contributed by atoms with Gasteiger partial charge in [0.15, 0.2) is 0 Å². The first-order valence-corrected chi connectivity index (χ1v) is 10.4. The molecule has 0 radical (unpaired) electrons. The van der Waals surface area contributed by atoms with Crippen LogP contribution in [0.25, 0.3) is 5.65 Å². The molecule has 27 heavy (non-hydrogen) atoms. The van der Waals surface area contributed by atoms with Gasteiger partial charge in [-0.05, 0) is 56.1 Å². The minimum Gasteiger partial charge on any atom is -0.352 e. The summed E-state index contributed by atoms with van der Waals surface area (Å²) >= 11 is 1.66. The quantitative estimate of drug-likeness (QED) is 0.617. The van der Waals surface area contributed by atoms with Gasteiger partial charge in [-0.2, -0.15) is 0 Å². The number of aromatic nitrogens is 2. The zero-order valence-electron chi connectivity index (χ0n) is 15.2. The van der Waals surface area contributed by atoms with Crippen molar-refractivity contribution in [3.8, 4) is 0 Å². The van der Waals surface area contributed by atoms with E-state index < -0.39 is 0 Å². The van der Waals surface area contributed by atoms with Crippen molar-refractivity contribution in [3.63, 3.8) is 0 Å². The lowest BCUT2D eigenvalue weighted by Crippen LogP contribution is -2.26. The number of rotatable bonds is 7. The van der Waals surface area contributed by atoms with E-state index in [1.165, 1.54) is 6.42 Å². The number of amides is 1. The third kappa shape index (κ3) is 4.51. The van der Waals surface area contributed by atoms with Gasteiger partial charge >= 0.3 is 0 Å². The summed E-state index contributed by atoms with van der Waals surface area (Å²) in [5, 5.41) is 6.46. The van der Waals surface area contributed by atoms with Gasteiger partial charge in [0.25, 0.3) is 5.91 Å². The molecular formula is C21H24N4OS. The van der Waals surface area contributed by atoms with Crippen LogP contribution < -0.4 is 10.6 Å². The van der Waals surface area contributed by atoms with Gasteiger partial charge in [-0.1, -0.05) is 18.2 Å². The number of pyridine rings is 1. The van der Waals surface area contributed by atoms with Gasteiger partial charge in [-0.3, -0.25) is 4.79 Å². The molecule has 5 nitrogen and oxygen atoms in total. The third-order valence-electron chi connectivity index (χ3n) is 4.92. The van der Waals surface area contributed by atoms with Crippen LogP contribution in [0.3, 0.4) is 0 Å². The molecule has 1 aliphatic rings. The van der Waals surface area contributed by atoms with Crippen molar-refractivity contribution < 1.29 is 4.79 Å². The van der Waals surface area contributed by atoms with Crippen molar-refractivity contribution in [1.29, 1.82) is 0 Å². The van der Waals surface area contributed by atoms with Crippen LogP contribution in [0.4, 0.5) is 0 Å². The standard InChI is InChI=1S/C21H24N4OS/c26-21(23-11-9-16-8-10-22-13-16)18-5-1-2-6-19(18)27-15-17-14-25-12-4-3-7-20(25)24-17/h1-7,12,14,16,22H,8-11,13,15H2,(H,23,26). The van der Waals surface area contributed by atoms with Crippen molar-refractivity contribution in [2.45, 2.75) is 23.5 Å². The zero-order valence-corrected chi connectivity index (χ0v) is 16.0. The number of hydrogen-bond donors (Lipinski definition) is 2. The van der Waals surface area contributed by atoms with E-state index in [0.717, 1.165) is 53.6 Å². The summed E-state index contributed by atoms with van der Waals surface area (Å²) in [7, 11) is 0. The van der Waals surface area contributed by atoms with E-state index in [1.807, 2.05) is 59.3 Å². The monoisotopic (exact) mass is 380 g/mol. The van der Waals surface area contributed by atoms with E-state index in [0.29, 0.717) is 5.92 Å². The van der Waals surface area contributed by atoms with Crippen LogP contribution in [0.15, 0.2) is 59.8 Å². The SMILES string of the molecule is O=C(NCCC1CCNC1)c1ccccc1SCc1cn2ccccc2n1. The fourth-order valence-electron chi connectivity index (χ4n) is 3.43. The smallest absolute Gasteiger partial charge is 0.252 e. The molecule has 2 N–H and O–H groups in total. The highest BCUT2D eigenvalue weighted by molar-refractivity contribution is 7.98. The minimum absolute atomic E-state index is 0.0130. The number of benzene rings is 1. The Morgan fingerprint density at radius 2 is 2.15 bits per heavy atom. The highest BCUT2D eigenvalue weighted by atomic mass is 32.2. The molecule has 0 spiro atoms. The molecule has 1 aliphatic heterocycles. The lowest BCUT2D eigenvalue weighted by Gasteiger charge is -2.11. The van der Waals surface area contributed by atoms with Crippen molar-refractivity contribution in [2.24, 2.45) is 5.92 Å². The maximum absolute atomic E-state index is 12.6. The van der Waals surface area contributed by atoms with Crippen LogP contribution in [0.1, 0.15) is 28.9 Å².